The molecular weight excluding hydrogens is 208 g/mol. The molecule has 0 aromatic heterocycles. The van der Waals surface area contributed by atoms with Crippen LogP contribution in [0.2, 0.25) is 0 Å². The first-order valence-electron chi connectivity index (χ1n) is 5.43. The standard InChI is InChI=1S/C11H20N2O3/c1-5-11(15)16-9-8-13(6-2,7-3)12-10(4)14/h5H,1,6-9H2,2-4H3/p+1. The maximum atomic E-state index is 11.1. The predicted molar refractivity (Wildman–Crippen MR) is 61.2 cm³/mol. The minimum Gasteiger partial charge on any atom is -0.456 e. The summed E-state index contributed by atoms with van der Waals surface area (Å²) in [5.74, 6) is -0.521. The third-order valence-electron chi connectivity index (χ3n) is 2.54. The van der Waals surface area contributed by atoms with Crippen LogP contribution in [0.5, 0.6) is 0 Å². The molecule has 0 rings (SSSR count). The van der Waals surface area contributed by atoms with Crippen molar-refractivity contribution >= 4 is 11.9 Å². The van der Waals surface area contributed by atoms with Gasteiger partial charge in [0.15, 0.2) is 0 Å². The van der Waals surface area contributed by atoms with Gasteiger partial charge in [0.2, 0.25) is 0 Å². The number of nitrogens with one attached hydrogen (secondary N) is 1. The van der Waals surface area contributed by atoms with Crippen LogP contribution in [0.15, 0.2) is 12.7 Å². The van der Waals surface area contributed by atoms with Crippen LogP contribution in [0.25, 0.3) is 0 Å². The van der Waals surface area contributed by atoms with Gasteiger partial charge in [-0.25, -0.2) is 14.8 Å². The predicted octanol–water partition coefficient (Wildman–Crippen LogP) is 0.623. The summed E-state index contributed by atoms with van der Waals surface area (Å²) >= 11 is 0. The minimum absolute atomic E-state index is 0.0845. The lowest BCUT2D eigenvalue weighted by molar-refractivity contribution is -0.958. The van der Waals surface area contributed by atoms with Crippen molar-refractivity contribution in [2.24, 2.45) is 0 Å². The first-order valence-corrected chi connectivity index (χ1v) is 5.43. The zero-order valence-electron chi connectivity index (χ0n) is 10.3. The molecule has 0 aromatic carbocycles. The molecule has 0 aliphatic heterocycles. The van der Waals surface area contributed by atoms with E-state index in [1.165, 1.54) is 6.92 Å². The molecule has 0 unspecified atom stereocenters. The highest BCUT2D eigenvalue weighted by molar-refractivity contribution is 5.81. The monoisotopic (exact) mass is 229 g/mol. The third kappa shape index (κ3) is 4.93. The second-order valence-electron chi connectivity index (χ2n) is 3.54. The lowest BCUT2D eigenvalue weighted by atomic mass is 10.4. The third-order valence-corrected chi connectivity index (χ3v) is 2.54. The zero-order valence-corrected chi connectivity index (χ0v) is 10.3. The maximum Gasteiger partial charge on any atom is 0.330 e. The van der Waals surface area contributed by atoms with Gasteiger partial charge < -0.3 is 4.74 Å². The fourth-order valence-electron chi connectivity index (χ4n) is 1.47. The van der Waals surface area contributed by atoms with Crippen LogP contribution in [0.3, 0.4) is 0 Å². The average Bonchev–Trinajstić information content (AvgIpc) is 2.26. The molecule has 92 valence electrons. The van der Waals surface area contributed by atoms with Gasteiger partial charge in [-0.05, 0) is 13.8 Å². The smallest absolute Gasteiger partial charge is 0.330 e. The summed E-state index contributed by atoms with van der Waals surface area (Å²) in [6.45, 7) is 11.1. The molecule has 0 fully saturated rings. The molecule has 0 aliphatic carbocycles. The van der Waals surface area contributed by atoms with Gasteiger partial charge in [-0.2, -0.15) is 0 Å². The molecular formula is C11H21N2O3+. The van der Waals surface area contributed by atoms with Crippen LogP contribution < -0.4 is 5.43 Å². The Morgan fingerprint density at radius 3 is 2.31 bits per heavy atom. The first kappa shape index (κ1) is 14.6. The van der Waals surface area contributed by atoms with Crippen LogP contribution in [0.1, 0.15) is 20.8 Å². The number of carbonyl (C=O) groups is 2. The number of ether oxygens (including phenoxy) is 1. The Morgan fingerprint density at radius 1 is 1.38 bits per heavy atom. The van der Waals surface area contributed by atoms with Crippen molar-refractivity contribution in [1.82, 2.24) is 5.43 Å². The summed E-state index contributed by atoms with van der Waals surface area (Å²) in [6.07, 6.45) is 1.13. The van der Waals surface area contributed by atoms with E-state index < -0.39 is 5.97 Å². The van der Waals surface area contributed by atoms with Gasteiger partial charge in [0.05, 0.1) is 13.1 Å². The van der Waals surface area contributed by atoms with E-state index in [1.807, 2.05) is 13.8 Å². The van der Waals surface area contributed by atoms with Gasteiger partial charge in [-0.3, -0.25) is 4.79 Å². The molecule has 5 heteroatoms. The number of amides is 1. The molecule has 0 bridgehead atoms. The Balaban J connectivity index is 4.26. The largest absolute Gasteiger partial charge is 0.456 e. The van der Waals surface area contributed by atoms with E-state index in [1.54, 1.807) is 0 Å². The number of rotatable bonds is 7. The molecule has 0 heterocycles. The Kier molecular flexibility index (Phi) is 6.41. The van der Waals surface area contributed by atoms with Crippen molar-refractivity contribution in [2.75, 3.05) is 26.2 Å². The molecule has 5 nitrogen and oxygen atoms in total. The SMILES string of the molecule is C=CC(=O)OCC[N+](CC)(CC)NC(C)=O. The van der Waals surface area contributed by atoms with Crippen LogP contribution in [-0.2, 0) is 14.3 Å². The highest BCUT2D eigenvalue weighted by atomic mass is 16.5. The van der Waals surface area contributed by atoms with Gasteiger partial charge >= 0.3 is 5.97 Å². The quantitative estimate of drug-likeness (QED) is 0.301. The van der Waals surface area contributed by atoms with E-state index in [0.717, 1.165) is 19.2 Å². The molecule has 1 amide bonds. The van der Waals surface area contributed by atoms with E-state index in [4.69, 9.17) is 4.74 Å². The highest BCUT2D eigenvalue weighted by Crippen LogP contribution is 2.01. The summed E-state index contributed by atoms with van der Waals surface area (Å²) in [4.78, 5) is 21.9. The zero-order chi connectivity index (χ0) is 12.6. The molecule has 1 N–H and O–H groups in total. The van der Waals surface area contributed by atoms with Crippen molar-refractivity contribution in [2.45, 2.75) is 20.8 Å². The van der Waals surface area contributed by atoms with Crippen LogP contribution in [-0.4, -0.2) is 42.7 Å². The van der Waals surface area contributed by atoms with Crippen LogP contribution in [0.4, 0.5) is 0 Å². The number of hydrogen-bond acceptors (Lipinski definition) is 3. The Hall–Kier alpha value is -1.36. The Morgan fingerprint density at radius 2 is 1.94 bits per heavy atom. The summed E-state index contributed by atoms with van der Waals surface area (Å²) in [5.41, 5.74) is 2.87. The highest BCUT2D eigenvalue weighted by Gasteiger charge is 2.25. The lowest BCUT2D eigenvalue weighted by Gasteiger charge is -2.34. The molecule has 0 aromatic rings. The van der Waals surface area contributed by atoms with E-state index in [0.29, 0.717) is 11.1 Å². The number of carbonyl (C=O) groups excluding carboxylic acids is 2. The van der Waals surface area contributed by atoms with Gasteiger partial charge in [0.25, 0.3) is 5.91 Å². The molecule has 0 spiro atoms. The van der Waals surface area contributed by atoms with Crippen molar-refractivity contribution in [3.63, 3.8) is 0 Å². The van der Waals surface area contributed by atoms with E-state index in [2.05, 4.69) is 12.0 Å². The van der Waals surface area contributed by atoms with E-state index in [-0.39, 0.29) is 12.5 Å². The molecule has 0 aliphatic rings. The number of esters is 1. The van der Waals surface area contributed by atoms with Gasteiger partial charge in [-0.1, -0.05) is 6.58 Å². The van der Waals surface area contributed by atoms with Crippen molar-refractivity contribution in [3.8, 4) is 0 Å². The van der Waals surface area contributed by atoms with Crippen LogP contribution in [0, 0.1) is 0 Å². The normalized spacial score (nSPS) is 10.7. The molecule has 16 heavy (non-hydrogen) atoms. The number of likely N-dealkylation sites (N-methyl/N-ethyl adjacent to an activating group) is 1. The molecule has 0 saturated carbocycles. The molecule has 0 radical (unpaired) electrons. The maximum absolute atomic E-state index is 11.1. The second-order valence-corrected chi connectivity index (χ2v) is 3.54. The minimum atomic E-state index is -0.437. The number of hydrogen-bond donors (Lipinski definition) is 1. The summed E-state index contributed by atoms with van der Waals surface area (Å²) in [5, 5.41) is 0. The number of quaternary nitrogens is 1. The van der Waals surface area contributed by atoms with Crippen molar-refractivity contribution in [1.29, 1.82) is 0 Å². The van der Waals surface area contributed by atoms with E-state index in [9.17, 15) is 9.59 Å². The fourth-order valence-corrected chi connectivity index (χ4v) is 1.47. The second kappa shape index (κ2) is 7.00. The fraction of sp³-hybridized carbons (Fsp3) is 0.636. The van der Waals surface area contributed by atoms with Crippen LogP contribution >= 0.6 is 0 Å². The average molecular weight is 229 g/mol. The summed E-state index contributed by atoms with van der Waals surface area (Å²) in [6, 6.07) is 0. The van der Waals surface area contributed by atoms with Gasteiger partial charge in [0, 0.05) is 13.0 Å². The number of nitrogens with zero attached hydrogens (tertiary/aromatic N) is 1. The van der Waals surface area contributed by atoms with E-state index >= 15 is 0 Å². The first-order chi connectivity index (χ1) is 7.49. The lowest BCUT2D eigenvalue weighted by Crippen LogP contribution is -2.60. The van der Waals surface area contributed by atoms with Crippen molar-refractivity contribution < 1.29 is 18.9 Å². The Labute approximate surface area is 96.6 Å². The Bertz CT molecular complexity index is 260. The summed E-state index contributed by atoms with van der Waals surface area (Å²) < 4.78 is 5.32. The van der Waals surface area contributed by atoms with Gasteiger partial charge in [-0.15, -0.1) is 0 Å². The summed E-state index contributed by atoms with van der Waals surface area (Å²) in [7, 11) is 0. The molecule has 0 saturated heterocycles. The van der Waals surface area contributed by atoms with Gasteiger partial charge in [0.1, 0.15) is 13.2 Å². The van der Waals surface area contributed by atoms with Crippen molar-refractivity contribution in [3.05, 3.63) is 12.7 Å². The molecule has 0 atom stereocenters. The topological polar surface area (TPSA) is 55.4 Å².